The standard InChI is InChI=1S/C18H30N4O2S/c1-5-19-18(22-10-8-14(9-11-22)17(23)24-4)20-13-15(21(2)3)16-7-6-12-25-16/h6-7,12,14-15H,5,8-11,13H2,1-4H3,(H,19,20). The van der Waals surface area contributed by atoms with E-state index in [4.69, 9.17) is 9.73 Å². The molecule has 0 aliphatic carbocycles. The van der Waals surface area contributed by atoms with Crippen LogP contribution < -0.4 is 5.32 Å². The van der Waals surface area contributed by atoms with Gasteiger partial charge in [0, 0.05) is 24.5 Å². The van der Waals surface area contributed by atoms with Gasteiger partial charge in [-0.2, -0.15) is 0 Å². The summed E-state index contributed by atoms with van der Waals surface area (Å²) in [6, 6.07) is 4.53. The smallest absolute Gasteiger partial charge is 0.308 e. The van der Waals surface area contributed by atoms with Crippen LogP contribution >= 0.6 is 11.3 Å². The fraction of sp³-hybridized carbons (Fsp3) is 0.667. The number of likely N-dealkylation sites (tertiary alicyclic amines) is 1. The molecule has 140 valence electrons. The molecule has 0 amide bonds. The Hall–Kier alpha value is -1.60. The van der Waals surface area contributed by atoms with Crippen LogP contribution in [0, 0.1) is 5.92 Å². The molecule has 1 aromatic rings. The van der Waals surface area contributed by atoms with E-state index >= 15 is 0 Å². The van der Waals surface area contributed by atoms with Gasteiger partial charge >= 0.3 is 5.97 Å². The van der Waals surface area contributed by atoms with E-state index in [1.165, 1.54) is 12.0 Å². The first-order valence-electron chi connectivity index (χ1n) is 8.87. The predicted molar refractivity (Wildman–Crippen MR) is 103 cm³/mol. The third-order valence-corrected chi connectivity index (χ3v) is 5.55. The van der Waals surface area contributed by atoms with Crippen LogP contribution in [0.4, 0.5) is 0 Å². The SMILES string of the molecule is CCNC(=NCC(c1cccs1)N(C)C)N1CCC(C(=O)OC)CC1. The van der Waals surface area contributed by atoms with Crippen molar-refractivity contribution in [2.24, 2.45) is 10.9 Å². The van der Waals surface area contributed by atoms with Crippen molar-refractivity contribution in [3.05, 3.63) is 22.4 Å². The summed E-state index contributed by atoms with van der Waals surface area (Å²) in [5.74, 6) is 0.867. The molecule has 1 aromatic heterocycles. The topological polar surface area (TPSA) is 57.2 Å². The molecule has 2 rings (SSSR count). The summed E-state index contributed by atoms with van der Waals surface area (Å²) in [4.78, 5) is 22.4. The lowest BCUT2D eigenvalue weighted by atomic mass is 9.97. The van der Waals surface area contributed by atoms with Gasteiger partial charge in [-0.05, 0) is 45.3 Å². The highest BCUT2D eigenvalue weighted by Gasteiger charge is 2.27. The second kappa shape index (κ2) is 9.77. The summed E-state index contributed by atoms with van der Waals surface area (Å²) < 4.78 is 4.87. The van der Waals surface area contributed by atoms with Crippen molar-refractivity contribution in [1.29, 1.82) is 0 Å². The molecular weight excluding hydrogens is 336 g/mol. The van der Waals surface area contributed by atoms with E-state index in [0.29, 0.717) is 6.54 Å². The third-order valence-electron chi connectivity index (χ3n) is 4.57. The van der Waals surface area contributed by atoms with Gasteiger partial charge in [0.1, 0.15) is 0 Å². The van der Waals surface area contributed by atoms with Crippen molar-refractivity contribution in [3.8, 4) is 0 Å². The van der Waals surface area contributed by atoms with Crippen molar-refractivity contribution >= 4 is 23.3 Å². The molecule has 0 bridgehead atoms. The maximum absolute atomic E-state index is 11.7. The number of piperidine rings is 1. The Morgan fingerprint density at radius 1 is 1.48 bits per heavy atom. The number of likely N-dealkylation sites (N-methyl/N-ethyl adjacent to an activating group) is 1. The Kier molecular flexibility index (Phi) is 7.71. The molecule has 0 radical (unpaired) electrons. The van der Waals surface area contributed by atoms with E-state index in [9.17, 15) is 4.79 Å². The van der Waals surface area contributed by atoms with Crippen LogP contribution in [0.15, 0.2) is 22.5 Å². The zero-order chi connectivity index (χ0) is 18.2. The molecule has 2 heterocycles. The van der Waals surface area contributed by atoms with Gasteiger partial charge in [0.15, 0.2) is 5.96 Å². The zero-order valence-corrected chi connectivity index (χ0v) is 16.5. The van der Waals surface area contributed by atoms with Crippen LogP contribution in [0.5, 0.6) is 0 Å². The number of methoxy groups -OCH3 is 1. The first-order valence-corrected chi connectivity index (χ1v) is 9.75. The van der Waals surface area contributed by atoms with Crippen LogP contribution in [0.1, 0.15) is 30.7 Å². The van der Waals surface area contributed by atoms with Crippen LogP contribution in [-0.4, -0.2) is 69.1 Å². The molecule has 1 N–H and O–H groups in total. The number of hydrogen-bond acceptors (Lipinski definition) is 5. The Balaban J connectivity index is 2.02. The Bertz CT molecular complexity index is 551. The third kappa shape index (κ3) is 5.44. The van der Waals surface area contributed by atoms with E-state index in [-0.39, 0.29) is 17.9 Å². The van der Waals surface area contributed by atoms with Crippen LogP contribution in [0.2, 0.25) is 0 Å². The molecule has 1 atom stereocenters. The summed E-state index contributed by atoms with van der Waals surface area (Å²) in [7, 11) is 5.65. The lowest BCUT2D eigenvalue weighted by Crippen LogP contribution is -2.47. The lowest BCUT2D eigenvalue weighted by molar-refractivity contribution is -0.146. The number of esters is 1. The fourth-order valence-corrected chi connectivity index (χ4v) is 3.99. The summed E-state index contributed by atoms with van der Waals surface area (Å²) in [5.41, 5.74) is 0. The minimum atomic E-state index is -0.0908. The number of aliphatic imine (C=N–C) groups is 1. The van der Waals surface area contributed by atoms with E-state index in [1.807, 2.05) is 0 Å². The Morgan fingerprint density at radius 2 is 2.20 bits per heavy atom. The van der Waals surface area contributed by atoms with E-state index in [0.717, 1.165) is 38.4 Å². The molecule has 6 nitrogen and oxygen atoms in total. The van der Waals surface area contributed by atoms with Gasteiger partial charge in [-0.15, -0.1) is 11.3 Å². The normalized spacial score (nSPS) is 17.6. The van der Waals surface area contributed by atoms with Crippen LogP contribution in [0.25, 0.3) is 0 Å². The van der Waals surface area contributed by atoms with E-state index in [1.54, 1.807) is 11.3 Å². The van der Waals surface area contributed by atoms with Crippen LogP contribution in [-0.2, 0) is 9.53 Å². The minimum Gasteiger partial charge on any atom is -0.469 e. The molecule has 1 aliphatic heterocycles. The molecule has 1 aliphatic rings. The summed E-state index contributed by atoms with van der Waals surface area (Å²) >= 11 is 1.77. The fourth-order valence-electron chi connectivity index (χ4n) is 3.08. The number of hydrogen-bond donors (Lipinski definition) is 1. The first kappa shape index (κ1) is 19.7. The van der Waals surface area contributed by atoms with Crippen LogP contribution in [0.3, 0.4) is 0 Å². The number of guanidine groups is 1. The number of nitrogens with zero attached hydrogens (tertiary/aromatic N) is 3. The average Bonchev–Trinajstić information content (AvgIpc) is 3.14. The van der Waals surface area contributed by atoms with Gasteiger partial charge in [-0.1, -0.05) is 6.07 Å². The van der Waals surface area contributed by atoms with E-state index in [2.05, 4.69) is 53.6 Å². The molecule has 0 saturated carbocycles. The monoisotopic (exact) mass is 366 g/mol. The summed E-state index contributed by atoms with van der Waals surface area (Å²) in [6.45, 7) is 5.29. The first-order chi connectivity index (χ1) is 12.1. The highest BCUT2D eigenvalue weighted by molar-refractivity contribution is 7.10. The van der Waals surface area contributed by atoms with E-state index < -0.39 is 0 Å². The van der Waals surface area contributed by atoms with Crippen molar-refractivity contribution in [3.63, 3.8) is 0 Å². The van der Waals surface area contributed by atoms with Gasteiger partial charge in [0.05, 0.1) is 25.6 Å². The van der Waals surface area contributed by atoms with Crippen molar-refractivity contribution in [2.75, 3.05) is 47.4 Å². The molecule has 1 unspecified atom stereocenters. The maximum Gasteiger partial charge on any atom is 0.308 e. The predicted octanol–water partition coefficient (Wildman–Crippen LogP) is 2.20. The van der Waals surface area contributed by atoms with Gasteiger partial charge < -0.3 is 19.9 Å². The highest BCUT2D eigenvalue weighted by atomic mass is 32.1. The second-order valence-corrected chi connectivity index (χ2v) is 7.45. The number of carbonyl (C=O) groups is 1. The van der Waals surface area contributed by atoms with Gasteiger partial charge in [0.25, 0.3) is 0 Å². The van der Waals surface area contributed by atoms with Crippen molar-refractivity contribution < 1.29 is 9.53 Å². The summed E-state index contributed by atoms with van der Waals surface area (Å²) in [6.07, 6.45) is 1.64. The number of rotatable bonds is 6. The van der Waals surface area contributed by atoms with Crippen molar-refractivity contribution in [2.45, 2.75) is 25.8 Å². The zero-order valence-electron chi connectivity index (χ0n) is 15.7. The van der Waals surface area contributed by atoms with Gasteiger partial charge in [-0.25, -0.2) is 0 Å². The average molecular weight is 367 g/mol. The molecule has 7 heteroatoms. The number of thiophene rings is 1. The molecule has 1 fully saturated rings. The largest absolute Gasteiger partial charge is 0.469 e. The Labute approximate surface area is 154 Å². The molecule has 25 heavy (non-hydrogen) atoms. The van der Waals surface area contributed by atoms with Gasteiger partial charge in [0.2, 0.25) is 0 Å². The van der Waals surface area contributed by atoms with Crippen molar-refractivity contribution in [1.82, 2.24) is 15.1 Å². The molecule has 1 saturated heterocycles. The minimum absolute atomic E-state index is 0.0183. The molecule has 0 aromatic carbocycles. The number of carbonyl (C=O) groups excluding carboxylic acids is 1. The lowest BCUT2D eigenvalue weighted by Gasteiger charge is -2.33. The second-order valence-electron chi connectivity index (χ2n) is 6.47. The number of ether oxygens (including phenoxy) is 1. The Morgan fingerprint density at radius 3 is 2.72 bits per heavy atom. The highest BCUT2D eigenvalue weighted by Crippen LogP contribution is 2.24. The molecular formula is C18H30N4O2S. The molecule has 0 spiro atoms. The quantitative estimate of drug-likeness (QED) is 0.475. The maximum atomic E-state index is 11.7. The van der Waals surface area contributed by atoms with Gasteiger partial charge in [-0.3, -0.25) is 9.79 Å². The summed E-state index contributed by atoms with van der Waals surface area (Å²) in [5, 5.41) is 5.50. The number of nitrogens with one attached hydrogen (secondary N) is 1.